The second kappa shape index (κ2) is 5.67. The molecule has 0 aromatic carbocycles. The molecule has 3 heteroatoms. The van der Waals surface area contributed by atoms with Crippen LogP contribution in [0.2, 0.25) is 0 Å². The van der Waals surface area contributed by atoms with E-state index >= 15 is 0 Å². The van der Waals surface area contributed by atoms with E-state index < -0.39 is 0 Å². The maximum Gasteiger partial charge on any atom is 0.0644 e. The first kappa shape index (κ1) is 13.5. The van der Waals surface area contributed by atoms with Gasteiger partial charge in [-0.25, -0.2) is 0 Å². The third-order valence-electron chi connectivity index (χ3n) is 3.16. The normalized spacial score (nSPS) is 28.2. The molecular formula is C13H24N2O. The van der Waals surface area contributed by atoms with Crippen molar-refractivity contribution in [2.24, 2.45) is 5.73 Å². The van der Waals surface area contributed by atoms with E-state index in [4.69, 9.17) is 10.5 Å². The highest BCUT2D eigenvalue weighted by molar-refractivity contribution is 5.00. The third kappa shape index (κ3) is 3.79. The van der Waals surface area contributed by atoms with E-state index in [0.29, 0.717) is 6.54 Å². The Hall–Kier alpha value is -0.560. The van der Waals surface area contributed by atoms with Crippen LogP contribution in [0, 0.1) is 11.8 Å². The second-order valence-corrected chi connectivity index (χ2v) is 5.12. The topological polar surface area (TPSA) is 47.3 Å². The van der Waals surface area contributed by atoms with Crippen LogP contribution in [0.3, 0.4) is 0 Å². The van der Waals surface area contributed by atoms with Crippen LogP contribution in [0.1, 0.15) is 40.0 Å². The van der Waals surface area contributed by atoms with Crippen molar-refractivity contribution in [1.82, 2.24) is 5.32 Å². The molecule has 1 atom stereocenters. The van der Waals surface area contributed by atoms with Gasteiger partial charge in [0.1, 0.15) is 0 Å². The van der Waals surface area contributed by atoms with Gasteiger partial charge in [0.15, 0.2) is 0 Å². The summed E-state index contributed by atoms with van der Waals surface area (Å²) >= 11 is 0. The van der Waals surface area contributed by atoms with Crippen LogP contribution in [0.15, 0.2) is 0 Å². The Morgan fingerprint density at radius 1 is 1.44 bits per heavy atom. The lowest BCUT2D eigenvalue weighted by atomic mass is 9.81. The van der Waals surface area contributed by atoms with Gasteiger partial charge in [-0.2, -0.15) is 0 Å². The number of hydrogen-bond donors (Lipinski definition) is 2. The minimum absolute atomic E-state index is 0.0389. The maximum absolute atomic E-state index is 5.92. The summed E-state index contributed by atoms with van der Waals surface area (Å²) in [5.41, 5.74) is 5.89. The first-order chi connectivity index (χ1) is 7.54. The first-order valence-corrected chi connectivity index (χ1v) is 6.02. The SMILES string of the molecule is CC#CCCNC1(CN)CCOC(C)(C)C1. The molecule has 0 radical (unpaired) electrons. The third-order valence-corrected chi connectivity index (χ3v) is 3.16. The molecule has 3 nitrogen and oxygen atoms in total. The summed E-state index contributed by atoms with van der Waals surface area (Å²) in [6.07, 6.45) is 2.85. The smallest absolute Gasteiger partial charge is 0.0644 e. The molecule has 1 unspecified atom stereocenters. The number of nitrogens with one attached hydrogen (secondary N) is 1. The maximum atomic E-state index is 5.92. The summed E-state index contributed by atoms with van der Waals surface area (Å²) in [4.78, 5) is 0. The molecule has 1 fully saturated rings. The van der Waals surface area contributed by atoms with Crippen molar-refractivity contribution >= 4 is 0 Å². The molecule has 0 aliphatic carbocycles. The molecule has 0 aromatic heterocycles. The van der Waals surface area contributed by atoms with Gasteiger partial charge in [-0.1, -0.05) is 0 Å². The standard InChI is InChI=1S/C13H24N2O/c1-4-5-6-8-15-13(11-14)7-9-16-12(2,3)10-13/h15H,6-11,14H2,1-3H3. The molecular weight excluding hydrogens is 200 g/mol. The quantitative estimate of drug-likeness (QED) is 0.558. The van der Waals surface area contributed by atoms with Crippen molar-refractivity contribution in [2.45, 2.75) is 51.2 Å². The Morgan fingerprint density at radius 3 is 2.75 bits per heavy atom. The summed E-state index contributed by atoms with van der Waals surface area (Å²) in [6.45, 7) is 8.49. The first-order valence-electron chi connectivity index (χ1n) is 6.02. The number of ether oxygens (including phenoxy) is 1. The summed E-state index contributed by atoms with van der Waals surface area (Å²) in [5.74, 6) is 5.97. The van der Waals surface area contributed by atoms with Crippen molar-refractivity contribution in [2.75, 3.05) is 19.7 Å². The Kier molecular flexibility index (Phi) is 4.79. The number of nitrogens with two attached hydrogens (primary N) is 1. The van der Waals surface area contributed by atoms with Crippen LogP contribution >= 0.6 is 0 Å². The second-order valence-electron chi connectivity index (χ2n) is 5.12. The van der Waals surface area contributed by atoms with Crippen LogP contribution in [0.25, 0.3) is 0 Å². The average Bonchev–Trinajstić information content (AvgIpc) is 2.23. The van der Waals surface area contributed by atoms with E-state index in [1.165, 1.54) is 0 Å². The molecule has 0 spiro atoms. The number of rotatable bonds is 4. The van der Waals surface area contributed by atoms with Gasteiger partial charge >= 0.3 is 0 Å². The van der Waals surface area contributed by atoms with Gasteiger partial charge in [0, 0.05) is 31.7 Å². The number of hydrogen-bond acceptors (Lipinski definition) is 3. The zero-order chi connectivity index (χ0) is 12.1. The van der Waals surface area contributed by atoms with Gasteiger partial charge in [-0.3, -0.25) is 0 Å². The van der Waals surface area contributed by atoms with Crippen LogP contribution in [0.5, 0.6) is 0 Å². The fraction of sp³-hybridized carbons (Fsp3) is 0.846. The molecule has 0 aromatic rings. The Morgan fingerprint density at radius 2 is 2.19 bits per heavy atom. The molecule has 0 bridgehead atoms. The molecule has 3 N–H and O–H groups in total. The van der Waals surface area contributed by atoms with E-state index in [-0.39, 0.29) is 11.1 Å². The fourth-order valence-electron chi connectivity index (χ4n) is 2.39. The minimum Gasteiger partial charge on any atom is -0.375 e. The molecule has 0 saturated carbocycles. The average molecular weight is 224 g/mol. The minimum atomic E-state index is -0.0684. The van der Waals surface area contributed by atoms with E-state index in [9.17, 15) is 0 Å². The molecule has 1 aliphatic heterocycles. The van der Waals surface area contributed by atoms with E-state index in [1.807, 2.05) is 6.92 Å². The Labute approximate surface area is 99.1 Å². The molecule has 1 saturated heterocycles. The monoisotopic (exact) mass is 224 g/mol. The Bertz CT molecular complexity index is 277. The highest BCUT2D eigenvalue weighted by Gasteiger charge is 2.39. The zero-order valence-corrected chi connectivity index (χ0v) is 10.7. The summed E-state index contributed by atoms with van der Waals surface area (Å²) in [6, 6.07) is 0. The van der Waals surface area contributed by atoms with Crippen LogP contribution < -0.4 is 11.1 Å². The van der Waals surface area contributed by atoms with Gasteiger partial charge in [0.05, 0.1) is 5.60 Å². The summed E-state index contributed by atoms with van der Waals surface area (Å²) in [5, 5.41) is 3.57. The zero-order valence-electron chi connectivity index (χ0n) is 10.7. The predicted molar refractivity (Wildman–Crippen MR) is 67.1 cm³/mol. The van der Waals surface area contributed by atoms with Crippen molar-refractivity contribution < 1.29 is 4.74 Å². The van der Waals surface area contributed by atoms with Gasteiger partial charge in [0.2, 0.25) is 0 Å². The van der Waals surface area contributed by atoms with E-state index in [1.54, 1.807) is 0 Å². The molecule has 1 aliphatic rings. The molecule has 0 amide bonds. The highest BCUT2D eigenvalue weighted by atomic mass is 16.5. The molecule has 1 rings (SSSR count). The molecule has 16 heavy (non-hydrogen) atoms. The van der Waals surface area contributed by atoms with Gasteiger partial charge in [0.25, 0.3) is 0 Å². The van der Waals surface area contributed by atoms with Crippen LogP contribution in [-0.2, 0) is 4.74 Å². The van der Waals surface area contributed by atoms with Crippen molar-refractivity contribution in [3.05, 3.63) is 0 Å². The highest BCUT2D eigenvalue weighted by Crippen LogP contribution is 2.31. The van der Waals surface area contributed by atoms with Crippen molar-refractivity contribution in [3.63, 3.8) is 0 Å². The van der Waals surface area contributed by atoms with Gasteiger partial charge in [-0.15, -0.1) is 11.8 Å². The Balaban J connectivity index is 2.51. The van der Waals surface area contributed by atoms with Crippen LogP contribution in [0.4, 0.5) is 0 Å². The lowest BCUT2D eigenvalue weighted by Gasteiger charge is -2.45. The van der Waals surface area contributed by atoms with E-state index in [0.717, 1.165) is 32.4 Å². The molecule has 92 valence electrons. The van der Waals surface area contributed by atoms with Crippen molar-refractivity contribution in [3.8, 4) is 11.8 Å². The van der Waals surface area contributed by atoms with E-state index in [2.05, 4.69) is 31.0 Å². The molecule has 1 heterocycles. The predicted octanol–water partition coefficient (Wildman–Crippen LogP) is 1.28. The fourth-order valence-corrected chi connectivity index (χ4v) is 2.39. The van der Waals surface area contributed by atoms with Crippen molar-refractivity contribution in [1.29, 1.82) is 0 Å². The summed E-state index contributed by atoms with van der Waals surface area (Å²) in [7, 11) is 0. The lowest BCUT2D eigenvalue weighted by molar-refractivity contribution is -0.0855. The van der Waals surface area contributed by atoms with Gasteiger partial charge < -0.3 is 15.8 Å². The van der Waals surface area contributed by atoms with Gasteiger partial charge in [-0.05, 0) is 33.6 Å². The lowest BCUT2D eigenvalue weighted by Crippen LogP contribution is -2.59. The van der Waals surface area contributed by atoms with Crippen LogP contribution in [-0.4, -0.2) is 30.8 Å². The largest absolute Gasteiger partial charge is 0.375 e. The summed E-state index contributed by atoms with van der Waals surface area (Å²) < 4.78 is 5.73.